The molecule has 0 aliphatic carbocycles. The molecular weight excluding hydrogens is 391 g/mol. The molecule has 1 aliphatic heterocycles. The number of halogens is 3. The van der Waals surface area contributed by atoms with Gasteiger partial charge in [0.1, 0.15) is 5.82 Å². The Balaban J connectivity index is 1.59. The van der Waals surface area contributed by atoms with E-state index in [1.807, 2.05) is 12.4 Å². The van der Waals surface area contributed by atoms with Crippen LogP contribution in [0.15, 0.2) is 49.1 Å². The van der Waals surface area contributed by atoms with Gasteiger partial charge in [-0.05, 0) is 38.4 Å². The Bertz CT molecular complexity index is 998. The highest BCUT2D eigenvalue weighted by Crippen LogP contribution is 2.35. The number of imidazole rings is 1. The maximum Gasteiger partial charge on any atom is 0.416 e. The fraction of sp³-hybridized carbons (Fsp3) is 0.409. The zero-order valence-corrected chi connectivity index (χ0v) is 16.8. The third kappa shape index (κ3) is 4.38. The van der Waals surface area contributed by atoms with E-state index in [-0.39, 0.29) is 5.92 Å². The minimum Gasteiger partial charge on any atom is -0.334 e. The summed E-state index contributed by atoms with van der Waals surface area (Å²) in [6.45, 7) is 5.45. The number of aromatic nitrogens is 4. The fourth-order valence-electron chi connectivity index (χ4n) is 4.11. The summed E-state index contributed by atoms with van der Waals surface area (Å²) in [5.41, 5.74) is 1.07. The predicted molar refractivity (Wildman–Crippen MR) is 108 cm³/mol. The molecule has 1 aliphatic rings. The van der Waals surface area contributed by atoms with Gasteiger partial charge in [0, 0.05) is 49.4 Å². The van der Waals surface area contributed by atoms with Crippen LogP contribution in [0.1, 0.15) is 42.8 Å². The van der Waals surface area contributed by atoms with E-state index in [0.717, 1.165) is 62.7 Å². The summed E-state index contributed by atoms with van der Waals surface area (Å²) in [5.74, 6) is 1.14. The fourth-order valence-corrected chi connectivity index (χ4v) is 4.11. The maximum absolute atomic E-state index is 13.2. The van der Waals surface area contributed by atoms with Crippen LogP contribution in [-0.4, -0.2) is 37.5 Å². The van der Waals surface area contributed by atoms with Crippen LogP contribution >= 0.6 is 0 Å². The summed E-state index contributed by atoms with van der Waals surface area (Å²) in [6.07, 6.45) is 4.49. The number of rotatable bonds is 5. The highest BCUT2D eigenvalue weighted by Gasteiger charge is 2.31. The van der Waals surface area contributed by atoms with Crippen LogP contribution in [0.2, 0.25) is 0 Å². The minimum absolute atomic E-state index is 0.113. The van der Waals surface area contributed by atoms with Crippen LogP contribution < -0.4 is 0 Å². The molecule has 1 saturated heterocycles. The lowest BCUT2D eigenvalue weighted by Gasteiger charge is -2.32. The number of aryl methyl sites for hydroxylation is 1. The molecule has 2 aromatic heterocycles. The lowest BCUT2D eigenvalue weighted by atomic mass is 9.91. The summed E-state index contributed by atoms with van der Waals surface area (Å²) in [5, 5.41) is 0. The van der Waals surface area contributed by atoms with Gasteiger partial charge < -0.3 is 4.57 Å². The molecule has 0 radical (unpaired) electrons. The van der Waals surface area contributed by atoms with Crippen molar-refractivity contribution in [2.75, 3.05) is 13.1 Å². The highest BCUT2D eigenvalue weighted by molar-refractivity contribution is 5.63. The first kappa shape index (κ1) is 20.5. The van der Waals surface area contributed by atoms with Gasteiger partial charge >= 0.3 is 6.18 Å². The topological polar surface area (TPSA) is 46.8 Å². The third-order valence-corrected chi connectivity index (χ3v) is 5.59. The monoisotopic (exact) mass is 415 g/mol. The van der Waals surface area contributed by atoms with Crippen LogP contribution in [0.5, 0.6) is 0 Å². The molecule has 8 heteroatoms. The maximum atomic E-state index is 13.2. The zero-order valence-electron chi connectivity index (χ0n) is 16.8. The van der Waals surface area contributed by atoms with Gasteiger partial charge in [0.15, 0.2) is 0 Å². The van der Waals surface area contributed by atoms with E-state index < -0.39 is 11.7 Å². The average molecular weight is 415 g/mol. The number of benzene rings is 1. The van der Waals surface area contributed by atoms with Crippen LogP contribution in [0.25, 0.3) is 11.3 Å². The SMILES string of the molecule is CCn1ccnc1CN1CCC[C@H](c2nccnc2-c2cccc(C(F)(F)F)c2)C1. The molecule has 158 valence electrons. The second kappa shape index (κ2) is 8.55. The van der Waals surface area contributed by atoms with E-state index in [1.54, 1.807) is 12.3 Å². The summed E-state index contributed by atoms with van der Waals surface area (Å²) in [4.78, 5) is 15.8. The molecule has 0 amide bonds. The molecule has 1 aromatic carbocycles. The molecule has 1 fully saturated rings. The molecular formula is C22H24F3N5. The first-order valence-corrected chi connectivity index (χ1v) is 10.2. The van der Waals surface area contributed by atoms with Gasteiger partial charge in [-0.3, -0.25) is 14.9 Å². The Morgan fingerprint density at radius 1 is 1.10 bits per heavy atom. The smallest absolute Gasteiger partial charge is 0.334 e. The molecule has 0 unspecified atom stereocenters. The summed E-state index contributed by atoms with van der Waals surface area (Å²) in [6, 6.07) is 5.33. The van der Waals surface area contributed by atoms with E-state index in [9.17, 15) is 13.2 Å². The quantitative estimate of drug-likeness (QED) is 0.603. The van der Waals surface area contributed by atoms with Crippen LogP contribution in [0, 0.1) is 0 Å². The number of alkyl halides is 3. The first-order chi connectivity index (χ1) is 14.5. The van der Waals surface area contributed by atoms with E-state index in [1.165, 1.54) is 12.3 Å². The number of piperidine rings is 1. The Morgan fingerprint density at radius 3 is 2.73 bits per heavy atom. The van der Waals surface area contributed by atoms with Gasteiger partial charge in [0.2, 0.25) is 0 Å². The molecule has 30 heavy (non-hydrogen) atoms. The van der Waals surface area contributed by atoms with Gasteiger partial charge in [-0.15, -0.1) is 0 Å². The van der Waals surface area contributed by atoms with E-state index >= 15 is 0 Å². The van der Waals surface area contributed by atoms with Crippen molar-refractivity contribution in [3.63, 3.8) is 0 Å². The Kier molecular flexibility index (Phi) is 5.85. The summed E-state index contributed by atoms with van der Waals surface area (Å²) in [7, 11) is 0. The molecule has 3 aromatic rings. The van der Waals surface area contributed by atoms with Crippen molar-refractivity contribution >= 4 is 0 Å². The lowest BCUT2D eigenvalue weighted by Crippen LogP contribution is -2.35. The van der Waals surface area contributed by atoms with Gasteiger partial charge in [0.05, 0.1) is 23.5 Å². The first-order valence-electron chi connectivity index (χ1n) is 10.2. The van der Waals surface area contributed by atoms with Crippen molar-refractivity contribution in [3.05, 3.63) is 66.1 Å². The number of hydrogen-bond donors (Lipinski definition) is 0. The van der Waals surface area contributed by atoms with Crippen molar-refractivity contribution in [2.24, 2.45) is 0 Å². The Hall–Kier alpha value is -2.74. The van der Waals surface area contributed by atoms with E-state index in [2.05, 4.69) is 31.3 Å². The standard InChI is InChI=1S/C22H24F3N5/c1-2-30-12-10-26-19(30)15-29-11-4-6-17(14-29)21-20(27-8-9-28-21)16-5-3-7-18(13-16)22(23,24)25/h3,5,7-10,12-13,17H,2,4,6,11,14-15H2,1H3/t17-/m0/s1. The predicted octanol–water partition coefficient (Wildman–Crippen LogP) is 4.76. The molecule has 0 saturated carbocycles. The number of likely N-dealkylation sites (tertiary alicyclic amines) is 1. The molecule has 4 rings (SSSR count). The van der Waals surface area contributed by atoms with Gasteiger partial charge in [-0.2, -0.15) is 13.2 Å². The van der Waals surface area contributed by atoms with Crippen molar-refractivity contribution in [2.45, 2.75) is 44.9 Å². The second-order valence-electron chi connectivity index (χ2n) is 7.57. The molecule has 1 atom stereocenters. The van der Waals surface area contributed by atoms with Gasteiger partial charge in [-0.1, -0.05) is 12.1 Å². The molecule has 0 N–H and O–H groups in total. The Labute approximate surface area is 173 Å². The lowest BCUT2D eigenvalue weighted by molar-refractivity contribution is -0.137. The summed E-state index contributed by atoms with van der Waals surface area (Å²) >= 11 is 0. The Morgan fingerprint density at radius 2 is 1.93 bits per heavy atom. The van der Waals surface area contributed by atoms with Gasteiger partial charge in [0.25, 0.3) is 0 Å². The second-order valence-corrected chi connectivity index (χ2v) is 7.57. The van der Waals surface area contributed by atoms with Gasteiger partial charge in [-0.25, -0.2) is 4.98 Å². The highest BCUT2D eigenvalue weighted by atomic mass is 19.4. The van der Waals surface area contributed by atoms with E-state index in [4.69, 9.17) is 0 Å². The number of nitrogens with zero attached hydrogens (tertiary/aromatic N) is 5. The van der Waals surface area contributed by atoms with Crippen molar-refractivity contribution in [1.82, 2.24) is 24.4 Å². The van der Waals surface area contributed by atoms with Crippen molar-refractivity contribution in [1.29, 1.82) is 0 Å². The zero-order chi connectivity index (χ0) is 21.1. The number of hydrogen-bond acceptors (Lipinski definition) is 4. The summed E-state index contributed by atoms with van der Waals surface area (Å²) < 4.78 is 41.7. The van der Waals surface area contributed by atoms with E-state index in [0.29, 0.717) is 11.3 Å². The molecule has 3 heterocycles. The third-order valence-electron chi connectivity index (χ3n) is 5.59. The molecule has 5 nitrogen and oxygen atoms in total. The van der Waals surface area contributed by atoms with Crippen LogP contribution in [0.4, 0.5) is 13.2 Å². The van der Waals surface area contributed by atoms with Crippen LogP contribution in [-0.2, 0) is 19.3 Å². The average Bonchev–Trinajstić information content (AvgIpc) is 3.20. The molecule has 0 spiro atoms. The van der Waals surface area contributed by atoms with Crippen molar-refractivity contribution < 1.29 is 13.2 Å². The molecule has 0 bridgehead atoms. The minimum atomic E-state index is -4.39. The van der Waals surface area contributed by atoms with Crippen molar-refractivity contribution in [3.8, 4) is 11.3 Å². The normalized spacial score (nSPS) is 17.9. The van der Waals surface area contributed by atoms with Crippen LogP contribution in [0.3, 0.4) is 0 Å². The largest absolute Gasteiger partial charge is 0.416 e.